The summed E-state index contributed by atoms with van der Waals surface area (Å²) in [4.78, 5) is 15.3. The molecule has 1 N–H and O–H groups in total. The number of alkyl halides is 3. The van der Waals surface area contributed by atoms with Crippen molar-refractivity contribution >= 4 is 11.9 Å². The molecule has 1 aromatic rings. The Morgan fingerprint density at radius 2 is 1.84 bits per heavy atom. The second-order valence-corrected chi connectivity index (χ2v) is 5.01. The molecule has 0 aliphatic heterocycles. The Kier molecular flexibility index (Phi) is 4.07. The number of rotatable bonds is 1. The van der Waals surface area contributed by atoms with Crippen LogP contribution in [0.15, 0.2) is 12.1 Å². The molecular formula is C12H15F3N2O2. The third kappa shape index (κ3) is 5.15. The number of nitrogens with one attached hydrogen (secondary N) is 1. The van der Waals surface area contributed by atoms with Crippen LogP contribution < -0.4 is 5.32 Å². The zero-order valence-corrected chi connectivity index (χ0v) is 11.1. The van der Waals surface area contributed by atoms with E-state index in [4.69, 9.17) is 4.74 Å². The minimum absolute atomic E-state index is 0.154. The van der Waals surface area contributed by atoms with Crippen LogP contribution in [0, 0.1) is 6.92 Å². The van der Waals surface area contributed by atoms with Crippen molar-refractivity contribution in [1.82, 2.24) is 4.98 Å². The molecule has 0 aliphatic carbocycles. The molecule has 0 spiro atoms. The molecule has 0 bridgehead atoms. The van der Waals surface area contributed by atoms with Gasteiger partial charge in [0.25, 0.3) is 0 Å². The summed E-state index contributed by atoms with van der Waals surface area (Å²) >= 11 is 0. The quantitative estimate of drug-likeness (QED) is 0.849. The molecule has 4 nitrogen and oxygen atoms in total. The molecule has 0 fully saturated rings. The first-order valence-electron chi connectivity index (χ1n) is 5.53. The Hall–Kier alpha value is -1.79. The zero-order chi connectivity index (χ0) is 14.8. The average Bonchev–Trinajstić information content (AvgIpc) is 2.11. The molecule has 0 saturated heterocycles. The van der Waals surface area contributed by atoms with Gasteiger partial charge in [-0.15, -0.1) is 0 Å². The summed E-state index contributed by atoms with van der Waals surface area (Å²) in [5.41, 5.74) is -1.45. The van der Waals surface area contributed by atoms with Crippen LogP contribution in [-0.4, -0.2) is 16.7 Å². The Labute approximate surface area is 109 Å². The molecule has 1 aromatic heterocycles. The minimum atomic E-state index is -4.49. The smallest absolute Gasteiger partial charge is 0.416 e. The largest absolute Gasteiger partial charge is 0.444 e. The number of aryl methyl sites for hydroxylation is 1. The van der Waals surface area contributed by atoms with Gasteiger partial charge < -0.3 is 4.74 Å². The van der Waals surface area contributed by atoms with E-state index in [1.807, 2.05) is 0 Å². The lowest BCUT2D eigenvalue weighted by Gasteiger charge is -2.19. The molecular weight excluding hydrogens is 261 g/mol. The van der Waals surface area contributed by atoms with Crippen LogP contribution in [0.1, 0.15) is 32.0 Å². The van der Waals surface area contributed by atoms with Gasteiger partial charge >= 0.3 is 12.3 Å². The van der Waals surface area contributed by atoms with Gasteiger partial charge in [0, 0.05) is 5.69 Å². The SMILES string of the molecule is Cc1cc(C(F)(F)F)cc(NC(=O)OC(C)(C)C)n1. The fourth-order valence-corrected chi connectivity index (χ4v) is 1.30. The van der Waals surface area contributed by atoms with Crippen molar-refractivity contribution in [3.63, 3.8) is 0 Å². The Morgan fingerprint density at radius 1 is 1.26 bits per heavy atom. The molecule has 106 valence electrons. The van der Waals surface area contributed by atoms with E-state index in [1.54, 1.807) is 20.8 Å². The first-order chi connectivity index (χ1) is 8.47. The van der Waals surface area contributed by atoms with Crippen LogP contribution in [-0.2, 0) is 10.9 Å². The van der Waals surface area contributed by atoms with Crippen molar-refractivity contribution in [2.45, 2.75) is 39.5 Å². The Bertz CT molecular complexity index is 479. The highest BCUT2D eigenvalue weighted by atomic mass is 19.4. The molecule has 19 heavy (non-hydrogen) atoms. The van der Waals surface area contributed by atoms with E-state index < -0.39 is 23.4 Å². The highest BCUT2D eigenvalue weighted by Crippen LogP contribution is 2.30. The third-order valence-electron chi connectivity index (χ3n) is 1.91. The number of ether oxygens (including phenoxy) is 1. The number of amides is 1. The molecule has 0 saturated carbocycles. The monoisotopic (exact) mass is 276 g/mol. The first kappa shape index (κ1) is 15.3. The van der Waals surface area contributed by atoms with Gasteiger partial charge in [0.15, 0.2) is 0 Å². The number of carbonyl (C=O) groups is 1. The number of hydrogen-bond acceptors (Lipinski definition) is 3. The molecule has 0 atom stereocenters. The summed E-state index contributed by atoms with van der Waals surface area (Å²) in [7, 11) is 0. The van der Waals surface area contributed by atoms with Gasteiger partial charge in [0.2, 0.25) is 0 Å². The van der Waals surface area contributed by atoms with E-state index in [2.05, 4.69) is 10.3 Å². The molecule has 0 unspecified atom stereocenters. The van der Waals surface area contributed by atoms with Gasteiger partial charge in [0.1, 0.15) is 11.4 Å². The van der Waals surface area contributed by atoms with Crippen LogP contribution in [0.25, 0.3) is 0 Å². The second-order valence-electron chi connectivity index (χ2n) is 5.01. The number of nitrogens with zero attached hydrogens (tertiary/aromatic N) is 1. The summed E-state index contributed by atoms with van der Waals surface area (Å²) in [6.07, 6.45) is -5.34. The highest BCUT2D eigenvalue weighted by Gasteiger charge is 2.31. The third-order valence-corrected chi connectivity index (χ3v) is 1.91. The van der Waals surface area contributed by atoms with Crippen LogP contribution in [0.3, 0.4) is 0 Å². The molecule has 7 heteroatoms. The lowest BCUT2D eigenvalue weighted by Crippen LogP contribution is -2.27. The predicted octanol–water partition coefficient (Wildman–Crippen LogP) is 3.76. The van der Waals surface area contributed by atoms with Crippen molar-refractivity contribution in [3.05, 3.63) is 23.4 Å². The van der Waals surface area contributed by atoms with Crippen LogP contribution in [0.4, 0.5) is 23.8 Å². The van der Waals surface area contributed by atoms with Crippen LogP contribution in [0.5, 0.6) is 0 Å². The maximum Gasteiger partial charge on any atom is 0.416 e. The normalized spacial score (nSPS) is 12.2. The van der Waals surface area contributed by atoms with E-state index in [0.717, 1.165) is 12.1 Å². The molecule has 1 heterocycles. The maximum atomic E-state index is 12.6. The molecule has 1 amide bonds. The van der Waals surface area contributed by atoms with Crippen LogP contribution >= 0.6 is 0 Å². The molecule has 0 aliphatic rings. The van der Waals surface area contributed by atoms with E-state index in [9.17, 15) is 18.0 Å². The fourth-order valence-electron chi connectivity index (χ4n) is 1.30. The van der Waals surface area contributed by atoms with Crippen molar-refractivity contribution in [3.8, 4) is 0 Å². The summed E-state index contributed by atoms with van der Waals surface area (Å²) in [5, 5.41) is 2.18. The predicted molar refractivity (Wildman–Crippen MR) is 63.8 cm³/mol. The van der Waals surface area contributed by atoms with E-state index >= 15 is 0 Å². The number of anilines is 1. The number of halogens is 3. The number of aromatic nitrogens is 1. The van der Waals surface area contributed by atoms with Gasteiger partial charge in [-0.2, -0.15) is 13.2 Å². The lowest BCUT2D eigenvalue weighted by molar-refractivity contribution is -0.137. The van der Waals surface area contributed by atoms with Gasteiger partial charge in [-0.3, -0.25) is 5.32 Å². The van der Waals surface area contributed by atoms with Gasteiger partial charge in [-0.25, -0.2) is 9.78 Å². The zero-order valence-electron chi connectivity index (χ0n) is 11.1. The number of hydrogen-bond donors (Lipinski definition) is 1. The summed E-state index contributed by atoms with van der Waals surface area (Å²) in [5.74, 6) is -0.193. The van der Waals surface area contributed by atoms with Crippen molar-refractivity contribution < 1.29 is 22.7 Å². The molecule has 0 aromatic carbocycles. The summed E-state index contributed by atoms with van der Waals surface area (Å²) in [6.45, 7) is 6.36. The number of pyridine rings is 1. The fraction of sp³-hybridized carbons (Fsp3) is 0.500. The molecule has 0 radical (unpaired) electrons. The lowest BCUT2D eigenvalue weighted by atomic mass is 10.2. The van der Waals surface area contributed by atoms with Crippen molar-refractivity contribution in [2.24, 2.45) is 0 Å². The van der Waals surface area contributed by atoms with Crippen molar-refractivity contribution in [1.29, 1.82) is 0 Å². The van der Waals surface area contributed by atoms with Crippen molar-refractivity contribution in [2.75, 3.05) is 5.32 Å². The second kappa shape index (κ2) is 5.07. The van der Waals surface area contributed by atoms with Gasteiger partial charge in [-0.1, -0.05) is 0 Å². The van der Waals surface area contributed by atoms with E-state index in [-0.39, 0.29) is 11.5 Å². The first-order valence-corrected chi connectivity index (χ1v) is 5.53. The average molecular weight is 276 g/mol. The Morgan fingerprint density at radius 3 is 2.32 bits per heavy atom. The van der Waals surface area contributed by atoms with E-state index in [1.165, 1.54) is 6.92 Å². The summed E-state index contributed by atoms with van der Waals surface area (Å²) < 4.78 is 42.7. The van der Waals surface area contributed by atoms with E-state index in [0.29, 0.717) is 0 Å². The van der Waals surface area contributed by atoms with Gasteiger partial charge in [-0.05, 0) is 39.8 Å². The molecule has 1 rings (SSSR count). The standard InChI is InChI=1S/C12H15F3N2O2/c1-7-5-8(12(13,14)15)6-9(16-7)17-10(18)19-11(2,3)4/h5-6H,1-4H3,(H,16,17,18). The summed E-state index contributed by atoms with van der Waals surface area (Å²) in [6, 6.07) is 1.66. The Balaban J connectivity index is 2.91. The van der Waals surface area contributed by atoms with Crippen LogP contribution in [0.2, 0.25) is 0 Å². The highest BCUT2D eigenvalue weighted by molar-refractivity contribution is 5.83. The number of carbonyl (C=O) groups excluding carboxylic acids is 1. The topological polar surface area (TPSA) is 51.2 Å². The maximum absolute atomic E-state index is 12.6. The van der Waals surface area contributed by atoms with Gasteiger partial charge in [0.05, 0.1) is 5.56 Å². The minimum Gasteiger partial charge on any atom is -0.444 e.